The van der Waals surface area contributed by atoms with E-state index in [2.05, 4.69) is 48.0 Å². The molecule has 0 saturated heterocycles. The van der Waals surface area contributed by atoms with Crippen molar-refractivity contribution in [3.05, 3.63) is 65.5 Å². The minimum absolute atomic E-state index is 0.814. The smallest absolute Gasteiger partial charge is 0.113 e. The summed E-state index contributed by atoms with van der Waals surface area (Å²) in [5, 5.41) is 0. The zero-order valence-corrected chi connectivity index (χ0v) is 11.4. The third-order valence-corrected chi connectivity index (χ3v) is 3.02. The number of aryl methyl sites for hydroxylation is 1. The fourth-order valence-electron chi connectivity index (χ4n) is 1.91. The van der Waals surface area contributed by atoms with E-state index in [1.165, 1.54) is 31.2 Å². The average molecular weight is 249 g/mol. The van der Waals surface area contributed by atoms with Crippen LogP contribution in [0.3, 0.4) is 0 Å². The predicted molar refractivity (Wildman–Crippen MR) is 79.9 cm³/mol. The van der Waals surface area contributed by atoms with Gasteiger partial charge in [-0.05, 0) is 48.6 Å². The summed E-state index contributed by atoms with van der Waals surface area (Å²) in [5.74, 6) is 6.21. The van der Waals surface area contributed by atoms with Crippen LogP contribution in [-0.2, 0) is 6.42 Å². The standard InChI is InChI=1S/C18H19N/c1-2-3-4-7-16-9-11-17(12-10-16)13-14-18-8-5-6-15-19-18/h5-6,8-12,15H,2-4,7H2,1H3. The Hall–Kier alpha value is -2.07. The van der Waals surface area contributed by atoms with Crippen molar-refractivity contribution in [3.63, 3.8) is 0 Å². The van der Waals surface area contributed by atoms with Crippen LogP contribution < -0.4 is 0 Å². The zero-order valence-electron chi connectivity index (χ0n) is 11.4. The lowest BCUT2D eigenvalue weighted by Gasteiger charge is -2.00. The van der Waals surface area contributed by atoms with Crippen molar-refractivity contribution in [2.24, 2.45) is 0 Å². The molecule has 0 N–H and O–H groups in total. The highest BCUT2D eigenvalue weighted by Gasteiger charge is 1.93. The largest absolute Gasteiger partial charge is 0.248 e. The third-order valence-electron chi connectivity index (χ3n) is 3.02. The van der Waals surface area contributed by atoms with Crippen LogP contribution in [0.2, 0.25) is 0 Å². The molecular weight excluding hydrogens is 230 g/mol. The second-order valence-electron chi connectivity index (χ2n) is 4.62. The topological polar surface area (TPSA) is 12.9 Å². The summed E-state index contributed by atoms with van der Waals surface area (Å²) in [5.41, 5.74) is 3.26. The van der Waals surface area contributed by atoms with E-state index in [1.807, 2.05) is 18.2 Å². The van der Waals surface area contributed by atoms with Gasteiger partial charge in [-0.1, -0.05) is 43.9 Å². The molecule has 1 heteroatoms. The number of nitrogens with zero attached hydrogens (tertiary/aromatic N) is 1. The molecule has 1 aromatic heterocycles. The van der Waals surface area contributed by atoms with Crippen molar-refractivity contribution >= 4 is 0 Å². The van der Waals surface area contributed by atoms with Crippen LogP contribution in [0.5, 0.6) is 0 Å². The zero-order chi connectivity index (χ0) is 13.3. The van der Waals surface area contributed by atoms with Gasteiger partial charge < -0.3 is 0 Å². The number of hydrogen-bond donors (Lipinski definition) is 0. The molecule has 0 saturated carbocycles. The summed E-state index contributed by atoms with van der Waals surface area (Å²) in [7, 11) is 0. The van der Waals surface area contributed by atoms with Gasteiger partial charge >= 0.3 is 0 Å². The van der Waals surface area contributed by atoms with E-state index in [0.717, 1.165) is 11.3 Å². The predicted octanol–water partition coefficient (Wildman–Crippen LogP) is 4.21. The Morgan fingerprint density at radius 3 is 2.47 bits per heavy atom. The van der Waals surface area contributed by atoms with Crippen LogP contribution in [-0.4, -0.2) is 4.98 Å². The number of pyridine rings is 1. The van der Waals surface area contributed by atoms with Crippen molar-refractivity contribution in [1.29, 1.82) is 0 Å². The molecule has 0 fully saturated rings. The summed E-state index contributed by atoms with van der Waals surface area (Å²) in [4.78, 5) is 4.19. The molecule has 0 aliphatic rings. The van der Waals surface area contributed by atoms with E-state index in [1.54, 1.807) is 6.20 Å². The van der Waals surface area contributed by atoms with E-state index in [9.17, 15) is 0 Å². The lowest BCUT2D eigenvalue weighted by Crippen LogP contribution is -1.86. The highest BCUT2D eigenvalue weighted by atomic mass is 14.6. The minimum Gasteiger partial charge on any atom is -0.248 e. The molecule has 0 aliphatic heterocycles. The lowest BCUT2D eigenvalue weighted by atomic mass is 10.1. The molecule has 1 nitrogen and oxygen atoms in total. The summed E-state index contributed by atoms with van der Waals surface area (Å²) in [6.07, 6.45) is 6.78. The first-order valence-electron chi connectivity index (χ1n) is 6.90. The maximum Gasteiger partial charge on any atom is 0.113 e. The van der Waals surface area contributed by atoms with E-state index in [-0.39, 0.29) is 0 Å². The molecule has 2 aromatic rings. The van der Waals surface area contributed by atoms with Crippen molar-refractivity contribution < 1.29 is 0 Å². The van der Waals surface area contributed by atoms with Crippen LogP contribution in [0, 0.1) is 11.8 Å². The Balaban J connectivity index is 1.97. The molecule has 1 heterocycles. The first-order valence-corrected chi connectivity index (χ1v) is 6.90. The molecule has 2 rings (SSSR count). The number of unbranched alkanes of at least 4 members (excludes halogenated alkanes) is 2. The van der Waals surface area contributed by atoms with Crippen LogP contribution >= 0.6 is 0 Å². The molecule has 0 unspecified atom stereocenters. The van der Waals surface area contributed by atoms with Gasteiger partial charge in [0.15, 0.2) is 0 Å². The van der Waals surface area contributed by atoms with Gasteiger partial charge in [-0.3, -0.25) is 0 Å². The van der Waals surface area contributed by atoms with Crippen molar-refractivity contribution in [3.8, 4) is 11.8 Å². The number of rotatable bonds is 4. The molecule has 0 amide bonds. The quantitative estimate of drug-likeness (QED) is 0.584. The van der Waals surface area contributed by atoms with E-state index < -0.39 is 0 Å². The second kappa shape index (κ2) is 7.38. The van der Waals surface area contributed by atoms with Crippen LogP contribution in [0.15, 0.2) is 48.7 Å². The first-order chi connectivity index (χ1) is 9.38. The van der Waals surface area contributed by atoms with Crippen LogP contribution in [0.25, 0.3) is 0 Å². The van der Waals surface area contributed by atoms with Gasteiger partial charge in [0.2, 0.25) is 0 Å². The summed E-state index contributed by atoms with van der Waals surface area (Å²) in [6.45, 7) is 2.23. The fraction of sp³-hybridized carbons (Fsp3) is 0.278. The first kappa shape index (κ1) is 13.4. The average Bonchev–Trinajstić information content (AvgIpc) is 2.48. The molecule has 0 radical (unpaired) electrons. The third kappa shape index (κ3) is 4.60. The van der Waals surface area contributed by atoms with E-state index in [4.69, 9.17) is 0 Å². The maximum absolute atomic E-state index is 4.19. The molecule has 0 aliphatic carbocycles. The number of hydrogen-bond acceptors (Lipinski definition) is 1. The Morgan fingerprint density at radius 2 is 1.79 bits per heavy atom. The summed E-state index contributed by atoms with van der Waals surface area (Å²) < 4.78 is 0. The van der Waals surface area contributed by atoms with Crippen LogP contribution in [0.4, 0.5) is 0 Å². The molecule has 0 bridgehead atoms. The van der Waals surface area contributed by atoms with Gasteiger partial charge in [0.1, 0.15) is 5.69 Å². The SMILES string of the molecule is CCCCCc1ccc(C#Cc2ccccn2)cc1. The minimum atomic E-state index is 0.814. The highest BCUT2D eigenvalue weighted by molar-refractivity contribution is 5.40. The van der Waals surface area contributed by atoms with Gasteiger partial charge in [0, 0.05) is 11.8 Å². The van der Waals surface area contributed by atoms with Gasteiger partial charge in [-0.15, -0.1) is 0 Å². The Bertz CT molecular complexity index is 544. The maximum atomic E-state index is 4.19. The number of aromatic nitrogens is 1. The Morgan fingerprint density at radius 1 is 0.947 bits per heavy atom. The van der Waals surface area contributed by atoms with Gasteiger partial charge in [-0.25, -0.2) is 4.98 Å². The molecular formula is C18H19N. The molecule has 0 atom stereocenters. The summed E-state index contributed by atoms with van der Waals surface area (Å²) >= 11 is 0. The number of benzene rings is 1. The molecule has 1 aromatic carbocycles. The van der Waals surface area contributed by atoms with E-state index >= 15 is 0 Å². The second-order valence-corrected chi connectivity index (χ2v) is 4.62. The van der Waals surface area contributed by atoms with Crippen molar-refractivity contribution in [2.45, 2.75) is 32.6 Å². The van der Waals surface area contributed by atoms with E-state index in [0.29, 0.717) is 0 Å². The van der Waals surface area contributed by atoms with Crippen molar-refractivity contribution in [2.75, 3.05) is 0 Å². The van der Waals surface area contributed by atoms with Gasteiger partial charge in [-0.2, -0.15) is 0 Å². The van der Waals surface area contributed by atoms with Crippen LogP contribution in [0.1, 0.15) is 43.0 Å². The van der Waals surface area contributed by atoms with Gasteiger partial charge in [0.05, 0.1) is 0 Å². The van der Waals surface area contributed by atoms with Crippen molar-refractivity contribution in [1.82, 2.24) is 4.98 Å². The van der Waals surface area contributed by atoms with Gasteiger partial charge in [0.25, 0.3) is 0 Å². The molecule has 0 spiro atoms. The fourth-order valence-corrected chi connectivity index (χ4v) is 1.91. The lowest BCUT2D eigenvalue weighted by molar-refractivity contribution is 0.717. The molecule has 96 valence electrons. The Kier molecular flexibility index (Phi) is 5.19. The normalized spacial score (nSPS) is 9.74. The highest BCUT2D eigenvalue weighted by Crippen LogP contribution is 2.08. The molecule has 19 heavy (non-hydrogen) atoms. The monoisotopic (exact) mass is 249 g/mol. The Labute approximate surface area is 115 Å². The summed E-state index contributed by atoms with van der Waals surface area (Å²) in [6, 6.07) is 14.3.